The number of aryl methyl sites for hydroxylation is 1. The third-order valence-corrected chi connectivity index (χ3v) is 3.13. The Morgan fingerprint density at radius 2 is 1.95 bits per heavy atom. The van der Waals surface area contributed by atoms with Crippen LogP contribution in [0.5, 0.6) is 5.88 Å². The normalized spacial score (nSPS) is 10.6. The highest BCUT2D eigenvalue weighted by molar-refractivity contribution is 5.67. The molecule has 0 unspecified atom stereocenters. The van der Waals surface area contributed by atoms with Crippen molar-refractivity contribution in [3.63, 3.8) is 0 Å². The van der Waals surface area contributed by atoms with Crippen LogP contribution in [-0.4, -0.2) is 27.0 Å². The number of unbranched alkanes of at least 4 members (excludes halogenated alkanes) is 4. The summed E-state index contributed by atoms with van der Waals surface area (Å²) in [4.78, 5) is 28.3. The fraction of sp³-hybridized carbons (Fsp3) is 0.714. The number of rotatable bonds is 9. The molecule has 1 aromatic rings. The van der Waals surface area contributed by atoms with E-state index in [0.717, 1.165) is 38.5 Å². The largest absolute Gasteiger partial charge is 0.491 e. The third-order valence-electron chi connectivity index (χ3n) is 3.13. The van der Waals surface area contributed by atoms with E-state index in [1.165, 1.54) is 10.8 Å². The summed E-state index contributed by atoms with van der Waals surface area (Å²) in [6.45, 7) is 5.09. The molecule has 0 saturated carbocycles. The van der Waals surface area contributed by atoms with Crippen LogP contribution in [0.25, 0.3) is 0 Å². The number of aromatic hydroxyl groups is 1. The van der Waals surface area contributed by atoms with Gasteiger partial charge >= 0.3 is 11.8 Å². The Morgan fingerprint density at radius 1 is 1.24 bits per heavy atom. The topological polar surface area (TPSA) is 85.5 Å². The summed E-state index contributed by atoms with van der Waals surface area (Å²) >= 11 is 0. The Balaban J connectivity index is 2.48. The lowest BCUT2D eigenvalue weighted by Gasteiger charge is -2.06. The van der Waals surface area contributed by atoms with Gasteiger partial charge in [0.05, 0.1) is 6.20 Å². The molecular weight excluding hydrogens is 274 g/mol. The summed E-state index contributed by atoms with van der Waals surface area (Å²) in [5.74, 6) is -0.378. The molecule has 1 heterocycles. The Hall–Kier alpha value is -1.92. The van der Waals surface area contributed by atoms with E-state index in [-0.39, 0.29) is 5.88 Å². The first-order chi connectivity index (χ1) is 10.1. The number of carbonyl (C=O) groups excluding carboxylic acids is 1. The summed E-state index contributed by atoms with van der Waals surface area (Å²) in [6.07, 6.45) is 6.42. The number of hydrogen-bond acceptors (Lipinski definition) is 4. The molecule has 0 aromatic carbocycles. The van der Waals surface area contributed by atoms with Crippen molar-refractivity contribution in [2.75, 3.05) is 6.54 Å². The van der Waals surface area contributed by atoms with Crippen molar-refractivity contribution >= 4 is 6.09 Å². The summed E-state index contributed by atoms with van der Waals surface area (Å²) in [7, 11) is 0. The summed E-state index contributed by atoms with van der Waals surface area (Å²) in [5.41, 5.74) is -0.554. The van der Waals surface area contributed by atoms with Crippen molar-refractivity contribution in [1.82, 2.24) is 14.6 Å². The van der Waals surface area contributed by atoms with E-state index in [0.29, 0.717) is 17.8 Å². The van der Waals surface area contributed by atoms with Crippen molar-refractivity contribution in [2.45, 2.75) is 58.9 Å². The number of aromatic nitrogens is 2. The van der Waals surface area contributed by atoms with Gasteiger partial charge < -0.3 is 15.3 Å². The van der Waals surface area contributed by atoms with E-state index in [1.54, 1.807) is 0 Å². The molecule has 2 N–H and O–H groups in total. The van der Waals surface area contributed by atoms with Crippen LogP contribution < -0.4 is 15.8 Å². The van der Waals surface area contributed by atoms with Gasteiger partial charge in [0.15, 0.2) is 0 Å². The van der Waals surface area contributed by atoms with Gasteiger partial charge in [-0.15, -0.1) is 0 Å². The zero-order valence-corrected chi connectivity index (χ0v) is 12.8. The molecule has 0 spiro atoms. The predicted octanol–water partition coefficient (Wildman–Crippen LogP) is 1.87. The molecule has 0 saturated heterocycles. The van der Waals surface area contributed by atoms with Gasteiger partial charge in [-0.3, -0.25) is 4.57 Å². The van der Waals surface area contributed by atoms with Gasteiger partial charge in [0.2, 0.25) is 5.88 Å². The molecule has 1 aromatic heterocycles. The second-order valence-corrected chi connectivity index (χ2v) is 4.98. The van der Waals surface area contributed by atoms with E-state index in [4.69, 9.17) is 4.84 Å². The van der Waals surface area contributed by atoms with Gasteiger partial charge in [-0.1, -0.05) is 44.3 Å². The molecular formula is C14H25N3O4. The van der Waals surface area contributed by atoms with Crippen LogP contribution in [0.15, 0.2) is 11.0 Å². The van der Waals surface area contributed by atoms with Crippen molar-refractivity contribution in [2.24, 2.45) is 0 Å². The quantitative estimate of drug-likeness (QED) is 0.682. The fourth-order valence-electron chi connectivity index (χ4n) is 1.89. The molecule has 7 nitrogen and oxygen atoms in total. The first kappa shape index (κ1) is 17.1. The number of amides is 1. The number of imidazole rings is 1. The number of nitrogens with one attached hydrogen (secondary N) is 1. The average Bonchev–Trinajstić information content (AvgIpc) is 2.72. The van der Waals surface area contributed by atoms with Crippen LogP contribution in [0, 0.1) is 0 Å². The molecule has 7 heteroatoms. The molecule has 1 amide bonds. The van der Waals surface area contributed by atoms with Crippen molar-refractivity contribution in [3.05, 3.63) is 16.7 Å². The van der Waals surface area contributed by atoms with Crippen LogP contribution in [0.2, 0.25) is 0 Å². The predicted molar refractivity (Wildman–Crippen MR) is 79.4 cm³/mol. The van der Waals surface area contributed by atoms with Crippen molar-refractivity contribution in [1.29, 1.82) is 0 Å². The Kier molecular flexibility index (Phi) is 7.42. The molecule has 0 aliphatic carbocycles. The highest BCUT2D eigenvalue weighted by Crippen LogP contribution is 2.05. The molecule has 120 valence electrons. The van der Waals surface area contributed by atoms with E-state index >= 15 is 0 Å². The van der Waals surface area contributed by atoms with Gasteiger partial charge in [-0.05, 0) is 12.8 Å². The van der Waals surface area contributed by atoms with Crippen LogP contribution in [0.3, 0.4) is 0 Å². The van der Waals surface area contributed by atoms with Gasteiger partial charge in [-0.25, -0.2) is 9.59 Å². The van der Waals surface area contributed by atoms with Crippen LogP contribution >= 0.6 is 0 Å². The highest BCUT2D eigenvalue weighted by atomic mass is 16.7. The zero-order chi connectivity index (χ0) is 15.7. The molecule has 21 heavy (non-hydrogen) atoms. The van der Waals surface area contributed by atoms with E-state index in [2.05, 4.69) is 12.2 Å². The van der Waals surface area contributed by atoms with Gasteiger partial charge in [-0.2, -0.15) is 0 Å². The monoisotopic (exact) mass is 299 g/mol. The summed E-state index contributed by atoms with van der Waals surface area (Å²) < 4.78 is 1.93. The molecule has 1 rings (SSSR count). The van der Waals surface area contributed by atoms with Gasteiger partial charge in [0, 0.05) is 13.1 Å². The molecule has 0 aliphatic rings. The van der Waals surface area contributed by atoms with Gasteiger partial charge in [0.25, 0.3) is 0 Å². The lowest BCUT2D eigenvalue weighted by atomic mass is 10.2. The smallest absolute Gasteiger partial charge is 0.432 e. The summed E-state index contributed by atoms with van der Waals surface area (Å²) in [5, 5.41) is 12.2. The van der Waals surface area contributed by atoms with E-state index in [9.17, 15) is 14.7 Å². The van der Waals surface area contributed by atoms with E-state index in [1.807, 2.05) is 6.92 Å². The second kappa shape index (κ2) is 9.10. The highest BCUT2D eigenvalue weighted by Gasteiger charge is 2.14. The first-order valence-electron chi connectivity index (χ1n) is 7.57. The van der Waals surface area contributed by atoms with Crippen LogP contribution in [-0.2, 0) is 6.54 Å². The number of nitrogens with zero attached hydrogens (tertiary/aromatic N) is 2. The van der Waals surface area contributed by atoms with Crippen LogP contribution in [0.4, 0.5) is 4.79 Å². The Labute approximate surface area is 124 Å². The maximum absolute atomic E-state index is 11.9. The maximum Gasteiger partial charge on any atom is 0.432 e. The fourth-order valence-corrected chi connectivity index (χ4v) is 1.89. The van der Waals surface area contributed by atoms with E-state index < -0.39 is 11.8 Å². The Bertz CT molecular complexity index is 493. The lowest BCUT2D eigenvalue weighted by molar-refractivity contribution is 0.115. The maximum atomic E-state index is 11.9. The SMILES string of the molecule is CCCCCCNC(=O)On1c(O)cn(CCCC)c1=O. The average molecular weight is 299 g/mol. The second-order valence-electron chi connectivity index (χ2n) is 4.98. The third kappa shape index (κ3) is 5.53. The minimum atomic E-state index is -0.739. The standard InChI is InChI=1S/C14H25N3O4/c1-3-5-7-8-9-15-13(19)21-17-12(18)11-16(14(17)20)10-6-4-2/h11,18H,3-10H2,1-2H3,(H,15,19). The van der Waals surface area contributed by atoms with Crippen molar-refractivity contribution < 1.29 is 14.7 Å². The zero-order valence-electron chi connectivity index (χ0n) is 12.8. The molecule has 0 fully saturated rings. The van der Waals surface area contributed by atoms with Crippen LogP contribution in [0.1, 0.15) is 52.4 Å². The molecule has 0 aliphatic heterocycles. The molecule has 0 bridgehead atoms. The lowest BCUT2D eigenvalue weighted by Crippen LogP contribution is -2.38. The molecule has 0 radical (unpaired) electrons. The van der Waals surface area contributed by atoms with Gasteiger partial charge in [0.1, 0.15) is 0 Å². The molecule has 0 atom stereocenters. The Morgan fingerprint density at radius 3 is 2.62 bits per heavy atom. The minimum absolute atomic E-state index is 0.378. The summed E-state index contributed by atoms with van der Waals surface area (Å²) in [6, 6.07) is 0. The first-order valence-corrected chi connectivity index (χ1v) is 7.57. The number of hydrogen-bond donors (Lipinski definition) is 2. The van der Waals surface area contributed by atoms with Crippen molar-refractivity contribution in [3.8, 4) is 5.88 Å². The minimum Gasteiger partial charge on any atom is -0.491 e. The number of carbonyl (C=O) groups is 1.